The van der Waals surface area contributed by atoms with Crippen LogP contribution in [0.3, 0.4) is 0 Å². The molecule has 1 amide bonds. The monoisotopic (exact) mass is 430 g/mol. The summed E-state index contributed by atoms with van der Waals surface area (Å²) in [5, 5.41) is 0. The molecule has 1 atom stereocenters. The van der Waals surface area contributed by atoms with Crippen LogP contribution in [0.4, 0.5) is 4.39 Å². The summed E-state index contributed by atoms with van der Waals surface area (Å²) in [5.41, 5.74) is 0.763. The number of piperidine rings is 1. The minimum absolute atomic E-state index is 0.126. The van der Waals surface area contributed by atoms with E-state index in [2.05, 4.69) is 4.90 Å². The summed E-state index contributed by atoms with van der Waals surface area (Å²) in [6.07, 6.45) is 4.35. The van der Waals surface area contributed by atoms with E-state index < -0.39 is 0 Å². The van der Waals surface area contributed by atoms with Crippen molar-refractivity contribution in [2.45, 2.75) is 45.3 Å². The van der Waals surface area contributed by atoms with Gasteiger partial charge in [-0.1, -0.05) is 18.2 Å². The Morgan fingerprint density at radius 2 is 1.97 bits per heavy atom. The van der Waals surface area contributed by atoms with Crippen LogP contribution in [0.25, 0.3) is 0 Å². The highest BCUT2D eigenvalue weighted by Gasteiger charge is 2.28. The first-order valence-corrected chi connectivity index (χ1v) is 11.8. The smallest absolute Gasteiger partial charge is 0.264 e. The molecular formula is C24H31FN2O2S. The van der Waals surface area contributed by atoms with Gasteiger partial charge in [-0.05, 0) is 69.8 Å². The molecule has 0 N–H and O–H groups in total. The highest BCUT2D eigenvalue weighted by molar-refractivity contribution is 7.13. The van der Waals surface area contributed by atoms with Crippen LogP contribution >= 0.6 is 11.3 Å². The standard InChI is InChI=1S/C24H31FN2O2S/c1-18-8-9-23(30-18)24(28)27(17-21-6-4-14-29-21)15-19-10-12-26(13-11-19)16-20-5-2-3-7-22(20)25/h2-3,5,7-9,19,21H,4,6,10-17H2,1H3. The molecule has 0 radical (unpaired) electrons. The molecule has 4 rings (SSSR count). The molecule has 0 aliphatic carbocycles. The number of thiophene rings is 1. The third-order valence-electron chi connectivity index (χ3n) is 6.22. The Morgan fingerprint density at radius 3 is 2.63 bits per heavy atom. The highest BCUT2D eigenvalue weighted by Crippen LogP contribution is 2.25. The lowest BCUT2D eigenvalue weighted by atomic mass is 9.95. The van der Waals surface area contributed by atoms with E-state index in [0.717, 1.165) is 67.2 Å². The minimum Gasteiger partial charge on any atom is -0.376 e. The molecule has 2 aromatic rings. The van der Waals surface area contributed by atoms with Crippen LogP contribution in [-0.4, -0.2) is 54.6 Å². The molecule has 162 valence electrons. The molecule has 2 saturated heterocycles. The average molecular weight is 431 g/mol. The second-order valence-electron chi connectivity index (χ2n) is 8.57. The Bertz CT molecular complexity index is 841. The number of amides is 1. The predicted molar refractivity (Wildman–Crippen MR) is 118 cm³/mol. The van der Waals surface area contributed by atoms with Crippen LogP contribution in [0.5, 0.6) is 0 Å². The molecule has 4 nitrogen and oxygen atoms in total. The van der Waals surface area contributed by atoms with E-state index in [-0.39, 0.29) is 17.8 Å². The maximum Gasteiger partial charge on any atom is 0.264 e. The molecule has 3 heterocycles. The molecule has 0 saturated carbocycles. The molecule has 6 heteroatoms. The van der Waals surface area contributed by atoms with E-state index in [1.165, 1.54) is 6.07 Å². The number of hydrogen-bond donors (Lipinski definition) is 0. The fourth-order valence-electron chi connectivity index (χ4n) is 4.49. The van der Waals surface area contributed by atoms with Crippen LogP contribution in [0.2, 0.25) is 0 Å². The fraction of sp³-hybridized carbons (Fsp3) is 0.542. The first-order chi connectivity index (χ1) is 14.6. The van der Waals surface area contributed by atoms with Gasteiger partial charge in [0.1, 0.15) is 5.82 Å². The van der Waals surface area contributed by atoms with E-state index in [0.29, 0.717) is 19.0 Å². The van der Waals surface area contributed by atoms with Gasteiger partial charge in [0.25, 0.3) is 5.91 Å². The van der Waals surface area contributed by atoms with Gasteiger partial charge in [0.05, 0.1) is 11.0 Å². The second kappa shape index (κ2) is 10.0. The Kier molecular flexibility index (Phi) is 7.18. The van der Waals surface area contributed by atoms with Crippen molar-refractivity contribution in [2.75, 3.05) is 32.8 Å². The van der Waals surface area contributed by atoms with Crippen LogP contribution in [0.1, 0.15) is 45.8 Å². The SMILES string of the molecule is Cc1ccc(C(=O)N(CC2CCN(Cc3ccccc3F)CC2)CC2CCCO2)s1. The fourth-order valence-corrected chi connectivity index (χ4v) is 5.32. The summed E-state index contributed by atoms with van der Waals surface area (Å²) in [5.74, 6) is 0.491. The van der Waals surface area contributed by atoms with Crippen LogP contribution in [0, 0.1) is 18.7 Å². The number of likely N-dealkylation sites (tertiary alicyclic amines) is 1. The summed E-state index contributed by atoms with van der Waals surface area (Å²) in [6, 6.07) is 11.0. The molecular weight excluding hydrogens is 399 g/mol. The maximum absolute atomic E-state index is 14.0. The van der Waals surface area contributed by atoms with Crippen molar-refractivity contribution in [3.8, 4) is 0 Å². The van der Waals surface area contributed by atoms with Gasteiger partial charge in [0.15, 0.2) is 0 Å². The number of rotatable bonds is 7. The van der Waals surface area contributed by atoms with Gasteiger partial charge in [-0.15, -0.1) is 11.3 Å². The zero-order valence-electron chi connectivity index (χ0n) is 17.7. The Morgan fingerprint density at radius 1 is 1.17 bits per heavy atom. The number of halogens is 1. The maximum atomic E-state index is 14.0. The lowest BCUT2D eigenvalue weighted by Crippen LogP contribution is -2.43. The van der Waals surface area contributed by atoms with Crippen molar-refractivity contribution in [1.29, 1.82) is 0 Å². The third-order valence-corrected chi connectivity index (χ3v) is 7.21. The highest BCUT2D eigenvalue weighted by atomic mass is 32.1. The molecule has 2 fully saturated rings. The van der Waals surface area contributed by atoms with E-state index >= 15 is 0 Å². The lowest BCUT2D eigenvalue weighted by molar-refractivity contribution is 0.0448. The van der Waals surface area contributed by atoms with Crippen LogP contribution in [-0.2, 0) is 11.3 Å². The first kappa shape index (κ1) is 21.5. The quantitative estimate of drug-likeness (QED) is 0.637. The third kappa shape index (κ3) is 5.48. The van der Waals surface area contributed by atoms with Crippen molar-refractivity contribution in [2.24, 2.45) is 5.92 Å². The number of carbonyl (C=O) groups is 1. The van der Waals surface area contributed by atoms with Crippen LogP contribution in [0.15, 0.2) is 36.4 Å². The van der Waals surface area contributed by atoms with Crippen LogP contribution < -0.4 is 0 Å². The molecule has 1 aromatic heterocycles. The Balaban J connectivity index is 1.34. The summed E-state index contributed by atoms with van der Waals surface area (Å²) < 4.78 is 19.8. The number of carbonyl (C=O) groups excluding carboxylic acids is 1. The van der Waals surface area contributed by atoms with Gasteiger partial charge in [-0.3, -0.25) is 9.69 Å². The zero-order valence-corrected chi connectivity index (χ0v) is 18.5. The largest absolute Gasteiger partial charge is 0.376 e. The number of aryl methyl sites for hydroxylation is 1. The molecule has 2 aliphatic heterocycles. The zero-order chi connectivity index (χ0) is 20.9. The van der Waals surface area contributed by atoms with E-state index in [1.54, 1.807) is 17.4 Å². The molecule has 0 bridgehead atoms. The van der Waals surface area contributed by atoms with Crippen molar-refractivity contribution in [1.82, 2.24) is 9.80 Å². The van der Waals surface area contributed by atoms with Gasteiger partial charge < -0.3 is 9.64 Å². The molecule has 1 aromatic carbocycles. The van der Waals surface area contributed by atoms with E-state index in [4.69, 9.17) is 4.74 Å². The molecule has 0 spiro atoms. The molecule has 2 aliphatic rings. The van der Waals surface area contributed by atoms with Gasteiger partial charge >= 0.3 is 0 Å². The van der Waals surface area contributed by atoms with Gasteiger partial charge in [-0.25, -0.2) is 4.39 Å². The Hall–Kier alpha value is -1.76. The van der Waals surface area contributed by atoms with Crippen molar-refractivity contribution in [3.05, 3.63) is 57.5 Å². The van der Waals surface area contributed by atoms with Crippen molar-refractivity contribution >= 4 is 17.2 Å². The number of benzene rings is 1. The first-order valence-electron chi connectivity index (χ1n) is 11.0. The van der Waals surface area contributed by atoms with Gasteiger partial charge in [0.2, 0.25) is 0 Å². The number of hydrogen-bond acceptors (Lipinski definition) is 4. The Labute approximate surface area is 182 Å². The van der Waals surface area contributed by atoms with Crippen molar-refractivity contribution < 1.29 is 13.9 Å². The van der Waals surface area contributed by atoms with E-state index in [1.807, 2.05) is 36.1 Å². The predicted octanol–water partition coefficient (Wildman–Crippen LogP) is 4.73. The normalized spacial score (nSPS) is 20.5. The summed E-state index contributed by atoms with van der Waals surface area (Å²) >= 11 is 1.57. The molecule has 1 unspecified atom stereocenters. The topological polar surface area (TPSA) is 32.8 Å². The van der Waals surface area contributed by atoms with Gasteiger partial charge in [0, 0.05) is 36.7 Å². The second-order valence-corrected chi connectivity index (χ2v) is 9.85. The number of ether oxygens (including phenoxy) is 1. The minimum atomic E-state index is -0.126. The van der Waals surface area contributed by atoms with E-state index in [9.17, 15) is 9.18 Å². The average Bonchev–Trinajstić information content (AvgIpc) is 3.42. The number of nitrogens with zero attached hydrogens (tertiary/aromatic N) is 2. The lowest BCUT2D eigenvalue weighted by Gasteiger charge is -2.35. The summed E-state index contributed by atoms with van der Waals surface area (Å²) in [7, 11) is 0. The van der Waals surface area contributed by atoms with Gasteiger partial charge in [-0.2, -0.15) is 0 Å². The summed E-state index contributed by atoms with van der Waals surface area (Å²) in [4.78, 5) is 19.5. The molecule has 30 heavy (non-hydrogen) atoms. The summed E-state index contributed by atoms with van der Waals surface area (Å²) in [6.45, 7) is 6.86. The van der Waals surface area contributed by atoms with Crippen molar-refractivity contribution in [3.63, 3.8) is 0 Å².